The molecule has 0 radical (unpaired) electrons. The molecule has 0 unspecified atom stereocenters. The van der Waals surface area contributed by atoms with E-state index in [1.165, 1.54) is 37.9 Å². The Morgan fingerprint density at radius 3 is 2.66 bits per heavy atom. The molecule has 6 nitrogen and oxygen atoms in total. The molecule has 4 rings (SSSR count). The van der Waals surface area contributed by atoms with E-state index in [4.69, 9.17) is 0 Å². The van der Waals surface area contributed by atoms with Crippen LogP contribution in [-0.4, -0.2) is 45.9 Å². The van der Waals surface area contributed by atoms with Crippen LogP contribution < -0.4 is 5.32 Å². The second kappa shape index (κ2) is 9.18. The molecular weight excluding hydrogens is 362 g/mol. The molecule has 2 aromatic carbocycles. The van der Waals surface area contributed by atoms with Crippen molar-refractivity contribution in [2.75, 3.05) is 25.5 Å². The molecule has 1 N–H and O–H groups in total. The number of amides is 1. The van der Waals surface area contributed by atoms with Gasteiger partial charge in [-0.3, -0.25) is 4.79 Å². The number of nitrogens with one attached hydrogen (secondary N) is 1. The predicted octanol–water partition coefficient (Wildman–Crippen LogP) is 3.73. The fourth-order valence-electron chi connectivity index (χ4n) is 3.99. The first-order valence-corrected chi connectivity index (χ1v) is 10.5. The van der Waals surface area contributed by atoms with E-state index in [0.717, 1.165) is 29.1 Å². The van der Waals surface area contributed by atoms with Crippen LogP contribution in [0.4, 0.5) is 5.69 Å². The van der Waals surface area contributed by atoms with E-state index in [-0.39, 0.29) is 5.91 Å². The van der Waals surface area contributed by atoms with Crippen molar-refractivity contribution in [3.8, 4) is 0 Å². The first-order valence-electron chi connectivity index (χ1n) is 10.5. The number of para-hydroxylation sites is 1. The molecule has 0 aliphatic carbocycles. The average molecular weight is 392 g/mol. The number of likely N-dealkylation sites (tertiary alicyclic amines) is 1. The summed E-state index contributed by atoms with van der Waals surface area (Å²) in [4.78, 5) is 14.7. The summed E-state index contributed by atoms with van der Waals surface area (Å²) in [5, 5.41) is 11.2. The molecule has 0 atom stereocenters. The van der Waals surface area contributed by atoms with E-state index in [1.54, 1.807) is 4.68 Å². The zero-order valence-electron chi connectivity index (χ0n) is 17.1. The molecular formula is C23H29N5O. The van der Waals surface area contributed by atoms with Gasteiger partial charge < -0.3 is 10.2 Å². The SMILES string of the molecule is CN1CCC(CCc2ccc(NC(=O)CCn3nnc4ccccc43)cc2)CC1. The van der Waals surface area contributed by atoms with Crippen molar-refractivity contribution in [2.45, 2.75) is 38.6 Å². The summed E-state index contributed by atoms with van der Waals surface area (Å²) in [6.07, 6.45) is 5.36. The van der Waals surface area contributed by atoms with Gasteiger partial charge in [-0.15, -0.1) is 5.10 Å². The number of aromatic nitrogens is 3. The smallest absolute Gasteiger partial charge is 0.226 e. The fraction of sp³-hybridized carbons (Fsp3) is 0.435. The van der Waals surface area contributed by atoms with Gasteiger partial charge in [0.1, 0.15) is 5.52 Å². The normalized spacial score (nSPS) is 15.6. The average Bonchev–Trinajstić information content (AvgIpc) is 3.16. The number of rotatable bonds is 7. The van der Waals surface area contributed by atoms with Crippen LogP contribution in [0.3, 0.4) is 0 Å². The van der Waals surface area contributed by atoms with Gasteiger partial charge in [-0.1, -0.05) is 29.5 Å². The third-order valence-corrected chi connectivity index (χ3v) is 5.89. The Labute approximate surface area is 171 Å². The van der Waals surface area contributed by atoms with Crippen LogP contribution in [0.15, 0.2) is 48.5 Å². The molecule has 152 valence electrons. The van der Waals surface area contributed by atoms with Crippen LogP contribution in [0.25, 0.3) is 11.0 Å². The number of carbonyl (C=O) groups is 1. The highest BCUT2D eigenvalue weighted by atomic mass is 16.1. The first kappa shape index (κ1) is 19.6. The van der Waals surface area contributed by atoms with E-state index in [0.29, 0.717) is 13.0 Å². The lowest BCUT2D eigenvalue weighted by molar-refractivity contribution is -0.116. The number of nitrogens with zero attached hydrogens (tertiary/aromatic N) is 4. The summed E-state index contributed by atoms with van der Waals surface area (Å²) in [6, 6.07) is 16.1. The number of fused-ring (bicyclic) bond motifs is 1. The number of benzene rings is 2. The lowest BCUT2D eigenvalue weighted by Gasteiger charge is -2.28. The molecule has 1 aromatic heterocycles. The Kier molecular flexibility index (Phi) is 6.20. The summed E-state index contributed by atoms with van der Waals surface area (Å²) in [5.41, 5.74) is 4.00. The molecule has 29 heavy (non-hydrogen) atoms. The maximum atomic E-state index is 12.3. The van der Waals surface area contributed by atoms with E-state index >= 15 is 0 Å². The minimum absolute atomic E-state index is 0.0105. The fourth-order valence-corrected chi connectivity index (χ4v) is 3.99. The summed E-state index contributed by atoms with van der Waals surface area (Å²) in [6.45, 7) is 2.96. The molecule has 1 amide bonds. The monoisotopic (exact) mass is 391 g/mol. The Balaban J connectivity index is 1.23. The lowest BCUT2D eigenvalue weighted by Crippen LogP contribution is -2.30. The number of carbonyl (C=O) groups excluding carboxylic acids is 1. The van der Waals surface area contributed by atoms with E-state index < -0.39 is 0 Å². The maximum Gasteiger partial charge on any atom is 0.226 e. The summed E-state index contributed by atoms with van der Waals surface area (Å²) >= 11 is 0. The molecule has 1 aliphatic heterocycles. The molecule has 3 aromatic rings. The molecule has 0 bridgehead atoms. The maximum absolute atomic E-state index is 12.3. The zero-order chi connectivity index (χ0) is 20.1. The minimum atomic E-state index is -0.0105. The van der Waals surface area contributed by atoms with Crippen molar-refractivity contribution in [3.05, 3.63) is 54.1 Å². The molecule has 2 heterocycles. The quantitative estimate of drug-likeness (QED) is 0.666. The summed E-state index contributed by atoms with van der Waals surface area (Å²) < 4.78 is 1.78. The Bertz CT molecular complexity index is 941. The van der Waals surface area contributed by atoms with Gasteiger partial charge in [0.25, 0.3) is 0 Å². The van der Waals surface area contributed by atoms with Crippen LogP contribution >= 0.6 is 0 Å². The highest BCUT2D eigenvalue weighted by Crippen LogP contribution is 2.22. The number of hydrogen-bond acceptors (Lipinski definition) is 4. The Morgan fingerprint density at radius 2 is 1.86 bits per heavy atom. The largest absolute Gasteiger partial charge is 0.326 e. The lowest BCUT2D eigenvalue weighted by atomic mass is 9.91. The number of aryl methyl sites for hydroxylation is 2. The van der Waals surface area contributed by atoms with Gasteiger partial charge in [-0.05, 0) is 81.6 Å². The van der Waals surface area contributed by atoms with Gasteiger partial charge in [-0.2, -0.15) is 0 Å². The standard InChI is InChI=1S/C23H29N5O/c1-27-15-12-19(13-16-27)7-6-18-8-10-20(11-9-18)24-23(29)14-17-28-22-5-3-2-4-21(22)25-26-28/h2-5,8-11,19H,6-7,12-17H2,1H3,(H,24,29). The number of anilines is 1. The molecule has 1 saturated heterocycles. The van der Waals surface area contributed by atoms with Gasteiger partial charge in [0, 0.05) is 12.1 Å². The van der Waals surface area contributed by atoms with E-state index in [9.17, 15) is 4.79 Å². The first-order chi connectivity index (χ1) is 14.2. The third kappa shape index (κ3) is 5.21. The molecule has 1 fully saturated rings. The van der Waals surface area contributed by atoms with Crippen molar-refractivity contribution in [1.82, 2.24) is 19.9 Å². The van der Waals surface area contributed by atoms with Crippen LogP contribution in [-0.2, 0) is 17.8 Å². The predicted molar refractivity (Wildman–Crippen MR) is 116 cm³/mol. The topological polar surface area (TPSA) is 63.1 Å². The highest BCUT2D eigenvalue weighted by Gasteiger charge is 2.16. The van der Waals surface area contributed by atoms with Gasteiger partial charge in [0.2, 0.25) is 5.91 Å². The van der Waals surface area contributed by atoms with Crippen molar-refractivity contribution in [1.29, 1.82) is 0 Å². The van der Waals surface area contributed by atoms with Crippen LogP contribution in [0.5, 0.6) is 0 Å². The second-order valence-electron chi connectivity index (χ2n) is 8.08. The van der Waals surface area contributed by atoms with E-state index in [1.807, 2.05) is 36.4 Å². The molecule has 1 aliphatic rings. The summed E-state index contributed by atoms with van der Waals surface area (Å²) in [5.74, 6) is 0.835. The number of piperidine rings is 1. The van der Waals surface area contributed by atoms with Gasteiger partial charge >= 0.3 is 0 Å². The van der Waals surface area contributed by atoms with Crippen molar-refractivity contribution in [2.24, 2.45) is 5.92 Å². The second-order valence-corrected chi connectivity index (χ2v) is 8.08. The van der Waals surface area contributed by atoms with Crippen molar-refractivity contribution in [3.63, 3.8) is 0 Å². The van der Waals surface area contributed by atoms with E-state index in [2.05, 4.69) is 39.7 Å². The van der Waals surface area contributed by atoms with Gasteiger partial charge in [-0.25, -0.2) is 4.68 Å². The van der Waals surface area contributed by atoms with Crippen LogP contribution in [0.2, 0.25) is 0 Å². The number of hydrogen-bond donors (Lipinski definition) is 1. The third-order valence-electron chi connectivity index (χ3n) is 5.89. The Hall–Kier alpha value is -2.73. The molecule has 6 heteroatoms. The van der Waals surface area contributed by atoms with Crippen molar-refractivity contribution < 1.29 is 4.79 Å². The molecule has 0 saturated carbocycles. The highest BCUT2D eigenvalue weighted by molar-refractivity contribution is 5.90. The van der Waals surface area contributed by atoms with Gasteiger partial charge in [0.15, 0.2) is 0 Å². The minimum Gasteiger partial charge on any atom is -0.326 e. The Morgan fingerprint density at radius 1 is 1.10 bits per heavy atom. The summed E-state index contributed by atoms with van der Waals surface area (Å²) in [7, 11) is 2.21. The van der Waals surface area contributed by atoms with Crippen LogP contribution in [0.1, 0.15) is 31.2 Å². The van der Waals surface area contributed by atoms with Crippen molar-refractivity contribution >= 4 is 22.6 Å². The molecule has 0 spiro atoms. The van der Waals surface area contributed by atoms with Gasteiger partial charge in [0.05, 0.1) is 12.1 Å². The zero-order valence-corrected chi connectivity index (χ0v) is 17.1. The van der Waals surface area contributed by atoms with Crippen LogP contribution in [0, 0.1) is 5.92 Å².